The Morgan fingerprint density at radius 1 is 1.32 bits per heavy atom. The third-order valence-electron chi connectivity index (χ3n) is 3.45. The van der Waals surface area contributed by atoms with Crippen LogP contribution in [0.25, 0.3) is 11.9 Å². The second-order valence-corrected chi connectivity index (χ2v) is 6.92. The summed E-state index contributed by atoms with van der Waals surface area (Å²) in [5.41, 5.74) is 6.85. The van der Waals surface area contributed by atoms with Gasteiger partial charge in [0, 0.05) is 24.7 Å². The molecule has 2 rings (SSSR count). The van der Waals surface area contributed by atoms with Crippen molar-refractivity contribution in [3.63, 3.8) is 0 Å². The van der Waals surface area contributed by atoms with Crippen LogP contribution in [0.15, 0.2) is 18.3 Å². The lowest BCUT2D eigenvalue weighted by Crippen LogP contribution is -2.35. The minimum Gasteiger partial charge on any atom is -0.444 e. The molecule has 2 aromatic heterocycles. The number of nitrogens with two attached hydrogens (primary N) is 1. The van der Waals surface area contributed by atoms with E-state index in [2.05, 4.69) is 25.7 Å². The van der Waals surface area contributed by atoms with Crippen LogP contribution in [0, 0.1) is 6.92 Å². The molecular formula is C18H25N7O3. The van der Waals surface area contributed by atoms with E-state index in [9.17, 15) is 9.59 Å². The molecule has 0 saturated carbocycles. The van der Waals surface area contributed by atoms with Crippen molar-refractivity contribution < 1.29 is 14.3 Å². The van der Waals surface area contributed by atoms with Crippen LogP contribution in [0.5, 0.6) is 0 Å². The summed E-state index contributed by atoms with van der Waals surface area (Å²) >= 11 is 0. The normalized spacial score (nSPS) is 11.4. The van der Waals surface area contributed by atoms with Gasteiger partial charge in [0.15, 0.2) is 5.82 Å². The van der Waals surface area contributed by atoms with Crippen LogP contribution in [0.2, 0.25) is 0 Å². The second kappa shape index (κ2) is 8.98. The number of hydrogen-bond donors (Lipinski definition) is 3. The maximum atomic E-state index is 11.6. The Morgan fingerprint density at radius 2 is 2.07 bits per heavy atom. The number of alkyl carbamates (subject to hydrolysis) is 1. The summed E-state index contributed by atoms with van der Waals surface area (Å²) in [6.07, 6.45) is 4.91. The largest absolute Gasteiger partial charge is 0.444 e. The molecule has 0 fully saturated rings. The number of aromatic nitrogens is 4. The Bertz CT molecular complexity index is 869. The van der Waals surface area contributed by atoms with Crippen molar-refractivity contribution in [2.75, 3.05) is 24.1 Å². The summed E-state index contributed by atoms with van der Waals surface area (Å²) in [6.45, 7) is 8.01. The van der Waals surface area contributed by atoms with Gasteiger partial charge in [-0.3, -0.25) is 4.79 Å². The molecule has 0 aliphatic heterocycles. The van der Waals surface area contributed by atoms with Gasteiger partial charge in [-0.1, -0.05) is 0 Å². The quantitative estimate of drug-likeness (QED) is 0.371. The summed E-state index contributed by atoms with van der Waals surface area (Å²) < 4.78 is 6.77. The number of ether oxygens (including phenoxy) is 1. The molecule has 150 valence electrons. The molecule has 0 saturated heterocycles. The maximum Gasteiger partial charge on any atom is 0.407 e. The minimum absolute atomic E-state index is 0.0833. The first kappa shape index (κ1) is 20.9. The topological polar surface area (TPSA) is 137 Å². The average molecular weight is 387 g/mol. The number of carbonyl (C=O) groups is 2. The van der Waals surface area contributed by atoms with Crippen molar-refractivity contribution in [3.05, 3.63) is 29.6 Å². The van der Waals surface area contributed by atoms with Gasteiger partial charge < -0.3 is 21.1 Å². The molecule has 0 aromatic carbocycles. The Kier molecular flexibility index (Phi) is 6.69. The van der Waals surface area contributed by atoms with Gasteiger partial charge in [0.05, 0.1) is 11.9 Å². The van der Waals surface area contributed by atoms with E-state index in [-0.39, 0.29) is 5.95 Å². The minimum atomic E-state index is -0.547. The molecule has 0 spiro atoms. The highest BCUT2D eigenvalue weighted by atomic mass is 16.6. The molecule has 2 aromatic rings. The number of carbonyl (C=O) groups excluding carboxylic acids is 2. The van der Waals surface area contributed by atoms with Gasteiger partial charge in [0.25, 0.3) is 0 Å². The maximum absolute atomic E-state index is 11.6. The molecular weight excluding hydrogens is 362 g/mol. The van der Waals surface area contributed by atoms with Crippen molar-refractivity contribution in [2.45, 2.75) is 33.3 Å². The molecule has 0 bridgehead atoms. The van der Waals surface area contributed by atoms with Gasteiger partial charge in [-0.15, -0.1) is 0 Å². The Labute approximate surface area is 163 Å². The Morgan fingerprint density at radius 3 is 2.75 bits per heavy atom. The monoisotopic (exact) mass is 387 g/mol. The predicted octanol–water partition coefficient (Wildman–Crippen LogP) is 1.70. The molecule has 28 heavy (non-hydrogen) atoms. The molecule has 10 heteroatoms. The number of anilines is 2. The van der Waals surface area contributed by atoms with E-state index in [1.165, 1.54) is 6.08 Å². The molecule has 1 amide bonds. The molecule has 0 unspecified atom stereocenters. The lowest BCUT2D eigenvalue weighted by molar-refractivity contribution is -0.104. The second-order valence-electron chi connectivity index (χ2n) is 6.92. The third kappa shape index (κ3) is 6.08. The van der Waals surface area contributed by atoms with Gasteiger partial charge in [0.1, 0.15) is 17.7 Å². The van der Waals surface area contributed by atoms with E-state index < -0.39 is 11.7 Å². The number of hydrogen-bond acceptors (Lipinski definition) is 8. The van der Waals surface area contributed by atoms with Crippen molar-refractivity contribution in [1.82, 2.24) is 25.1 Å². The number of nitrogens with zero attached hydrogens (tertiary/aromatic N) is 4. The average Bonchev–Trinajstić information content (AvgIpc) is 2.95. The standard InChI is InChI=1S/C18H25N7O3/c1-12-13(6-5-9-26)11-22-25(12)15-10-14(23-16(19)24-15)20-7-8-21-17(27)28-18(2,3)4/h5-6,9-11H,7-8H2,1-4H3,(H,21,27)(H3,19,20,23,24)/b6-5+. The predicted molar refractivity (Wildman–Crippen MR) is 106 cm³/mol. The molecule has 0 aliphatic rings. The van der Waals surface area contributed by atoms with Gasteiger partial charge in [0.2, 0.25) is 5.95 Å². The molecule has 10 nitrogen and oxygen atoms in total. The van der Waals surface area contributed by atoms with E-state index in [1.54, 1.807) is 43.8 Å². The first-order valence-corrected chi connectivity index (χ1v) is 8.72. The Hall–Kier alpha value is -3.43. The van der Waals surface area contributed by atoms with E-state index >= 15 is 0 Å². The van der Waals surface area contributed by atoms with Crippen LogP contribution >= 0.6 is 0 Å². The van der Waals surface area contributed by atoms with Crippen LogP contribution in [-0.2, 0) is 9.53 Å². The summed E-state index contributed by atoms with van der Waals surface area (Å²) in [5, 5.41) is 10.00. The van der Waals surface area contributed by atoms with Gasteiger partial charge in [-0.05, 0) is 39.8 Å². The van der Waals surface area contributed by atoms with Crippen molar-refractivity contribution in [1.29, 1.82) is 0 Å². The highest BCUT2D eigenvalue weighted by Crippen LogP contribution is 2.17. The van der Waals surface area contributed by atoms with Crippen LogP contribution in [-0.4, -0.2) is 50.8 Å². The Balaban J connectivity index is 2.02. The first-order chi connectivity index (χ1) is 13.2. The highest BCUT2D eigenvalue weighted by Gasteiger charge is 2.15. The van der Waals surface area contributed by atoms with E-state index in [0.29, 0.717) is 31.0 Å². The fraction of sp³-hybridized carbons (Fsp3) is 0.389. The molecule has 2 heterocycles. The van der Waals surface area contributed by atoms with Crippen LogP contribution < -0.4 is 16.4 Å². The SMILES string of the molecule is Cc1c(/C=C/C=O)cnn1-c1cc(NCCNC(=O)OC(C)(C)C)nc(N)n1. The lowest BCUT2D eigenvalue weighted by Gasteiger charge is -2.19. The fourth-order valence-electron chi connectivity index (χ4n) is 2.28. The first-order valence-electron chi connectivity index (χ1n) is 8.72. The lowest BCUT2D eigenvalue weighted by atomic mass is 10.2. The summed E-state index contributed by atoms with van der Waals surface area (Å²) in [7, 11) is 0. The highest BCUT2D eigenvalue weighted by molar-refractivity contribution is 5.74. The number of nitrogens with one attached hydrogen (secondary N) is 2. The van der Waals surface area contributed by atoms with E-state index in [0.717, 1.165) is 11.3 Å². The number of rotatable bonds is 7. The van der Waals surface area contributed by atoms with Crippen molar-refractivity contribution in [2.24, 2.45) is 0 Å². The molecule has 0 atom stereocenters. The van der Waals surface area contributed by atoms with E-state index in [4.69, 9.17) is 10.5 Å². The van der Waals surface area contributed by atoms with Crippen LogP contribution in [0.4, 0.5) is 16.6 Å². The zero-order valence-electron chi connectivity index (χ0n) is 16.4. The molecule has 4 N–H and O–H groups in total. The van der Waals surface area contributed by atoms with Crippen LogP contribution in [0.3, 0.4) is 0 Å². The summed E-state index contributed by atoms with van der Waals surface area (Å²) in [5.74, 6) is 1.06. The number of nitrogen functional groups attached to an aromatic ring is 1. The number of aldehydes is 1. The van der Waals surface area contributed by atoms with Crippen molar-refractivity contribution in [3.8, 4) is 5.82 Å². The van der Waals surface area contributed by atoms with Gasteiger partial charge >= 0.3 is 6.09 Å². The van der Waals surface area contributed by atoms with Crippen LogP contribution in [0.1, 0.15) is 32.0 Å². The zero-order chi connectivity index (χ0) is 20.7. The molecule has 0 aliphatic carbocycles. The molecule has 0 radical (unpaired) electrons. The number of allylic oxidation sites excluding steroid dienone is 1. The van der Waals surface area contributed by atoms with Gasteiger partial charge in [-0.25, -0.2) is 9.48 Å². The van der Waals surface area contributed by atoms with Crippen molar-refractivity contribution >= 4 is 30.2 Å². The zero-order valence-corrected chi connectivity index (χ0v) is 16.4. The van der Waals surface area contributed by atoms with Gasteiger partial charge in [-0.2, -0.15) is 15.1 Å². The van der Waals surface area contributed by atoms with E-state index in [1.807, 2.05) is 6.92 Å². The third-order valence-corrected chi connectivity index (χ3v) is 3.45. The number of amides is 1. The summed E-state index contributed by atoms with van der Waals surface area (Å²) in [6, 6.07) is 1.69. The smallest absolute Gasteiger partial charge is 0.407 e. The summed E-state index contributed by atoms with van der Waals surface area (Å²) in [4.78, 5) is 30.5. The fourth-order valence-corrected chi connectivity index (χ4v) is 2.28.